The lowest BCUT2D eigenvalue weighted by atomic mass is 10.3. The zero-order chi connectivity index (χ0) is 16.5. The van der Waals surface area contributed by atoms with E-state index in [-0.39, 0.29) is 0 Å². The van der Waals surface area contributed by atoms with E-state index in [1.165, 1.54) is 23.5 Å². The van der Waals surface area contributed by atoms with Crippen molar-refractivity contribution >= 4 is 40.7 Å². The monoisotopic (exact) mass is 374 g/mol. The van der Waals surface area contributed by atoms with E-state index in [1.54, 1.807) is 11.3 Å². The maximum absolute atomic E-state index is 6.01. The molecule has 4 nitrogen and oxygen atoms in total. The first-order valence-corrected chi connectivity index (χ1v) is 10.7. The average Bonchev–Trinajstić information content (AvgIpc) is 2.97. The van der Waals surface area contributed by atoms with Crippen LogP contribution in [-0.2, 0) is 6.54 Å². The van der Waals surface area contributed by atoms with Gasteiger partial charge in [-0.3, -0.25) is 9.89 Å². The summed E-state index contributed by atoms with van der Waals surface area (Å²) in [6, 6.07) is 4.12. The zero-order valence-corrected chi connectivity index (χ0v) is 16.4. The van der Waals surface area contributed by atoms with Gasteiger partial charge in [-0.2, -0.15) is 11.8 Å². The standard InChI is InChI=1S/C16H27ClN4S2/c1-18-16(19-7-3-4-12-22-2)21-10-8-20(9-11-21)13-14-5-6-15(17)23-14/h5-6H,3-4,7-13H2,1-2H3,(H,18,19). The third-order valence-electron chi connectivity index (χ3n) is 3.95. The van der Waals surface area contributed by atoms with Crippen molar-refractivity contribution in [3.8, 4) is 0 Å². The van der Waals surface area contributed by atoms with Crippen molar-refractivity contribution in [3.05, 3.63) is 21.3 Å². The average molecular weight is 375 g/mol. The Labute approximate surface area is 153 Å². The van der Waals surface area contributed by atoms with Gasteiger partial charge in [0.1, 0.15) is 0 Å². The maximum Gasteiger partial charge on any atom is 0.193 e. The van der Waals surface area contributed by atoms with E-state index < -0.39 is 0 Å². The van der Waals surface area contributed by atoms with Crippen LogP contribution in [0.2, 0.25) is 4.34 Å². The number of halogens is 1. The van der Waals surface area contributed by atoms with Gasteiger partial charge in [-0.15, -0.1) is 11.3 Å². The molecule has 1 aliphatic heterocycles. The predicted octanol–water partition coefficient (Wildman–Crippen LogP) is 3.24. The van der Waals surface area contributed by atoms with Crippen molar-refractivity contribution in [2.24, 2.45) is 4.99 Å². The van der Waals surface area contributed by atoms with Crippen molar-refractivity contribution in [1.82, 2.24) is 15.1 Å². The molecule has 0 aromatic carbocycles. The molecule has 0 spiro atoms. The Morgan fingerprint density at radius 1 is 1.30 bits per heavy atom. The number of aliphatic imine (C=N–C) groups is 1. The fourth-order valence-electron chi connectivity index (χ4n) is 2.68. The van der Waals surface area contributed by atoms with Crippen molar-refractivity contribution in [2.75, 3.05) is 51.8 Å². The SMILES string of the molecule is CN=C(NCCCCSC)N1CCN(Cc2ccc(Cl)s2)CC1. The summed E-state index contributed by atoms with van der Waals surface area (Å²) in [6.07, 6.45) is 4.64. The molecule has 0 radical (unpaired) electrons. The van der Waals surface area contributed by atoms with Crippen LogP contribution in [0, 0.1) is 0 Å². The molecule has 2 rings (SSSR count). The summed E-state index contributed by atoms with van der Waals surface area (Å²) in [4.78, 5) is 10.6. The van der Waals surface area contributed by atoms with Gasteiger partial charge in [-0.1, -0.05) is 11.6 Å². The highest BCUT2D eigenvalue weighted by Gasteiger charge is 2.19. The van der Waals surface area contributed by atoms with Crippen LogP contribution >= 0.6 is 34.7 Å². The molecule has 2 heterocycles. The lowest BCUT2D eigenvalue weighted by molar-refractivity contribution is 0.174. The Kier molecular flexibility index (Phi) is 8.58. The molecule has 1 aromatic heterocycles. The second kappa shape index (κ2) is 10.4. The number of unbranched alkanes of at least 4 members (excludes halogenated alkanes) is 1. The molecule has 130 valence electrons. The Morgan fingerprint density at radius 3 is 2.70 bits per heavy atom. The molecule has 1 aliphatic rings. The van der Waals surface area contributed by atoms with Gasteiger partial charge in [0.15, 0.2) is 5.96 Å². The lowest BCUT2D eigenvalue weighted by Crippen LogP contribution is -2.52. The molecule has 23 heavy (non-hydrogen) atoms. The fraction of sp³-hybridized carbons (Fsp3) is 0.688. The van der Waals surface area contributed by atoms with Crippen LogP contribution in [0.4, 0.5) is 0 Å². The summed E-state index contributed by atoms with van der Waals surface area (Å²) < 4.78 is 0.879. The quantitative estimate of drug-likeness (QED) is 0.451. The number of thiophene rings is 1. The van der Waals surface area contributed by atoms with Gasteiger partial charge in [0.05, 0.1) is 4.34 Å². The molecular formula is C16H27ClN4S2. The Morgan fingerprint density at radius 2 is 2.09 bits per heavy atom. The number of thioether (sulfide) groups is 1. The third kappa shape index (κ3) is 6.53. The van der Waals surface area contributed by atoms with Gasteiger partial charge in [-0.05, 0) is 37.0 Å². The summed E-state index contributed by atoms with van der Waals surface area (Å²) >= 11 is 9.61. The molecule has 0 unspecified atom stereocenters. The van der Waals surface area contributed by atoms with E-state index in [0.717, 1.165) is 49.6 Å². The van der Waals surface area contributed by atoms with E-state index in [1.807, 2.05) is 24.9 Å². The van der Waals surface area contributed by atoms with Gasteiger partial charge in [0.25, 0.3) is 0 Å². The van der Waals surface area contributed by atoms with Crippen LogP contribution < -0.4 is 5.32 Å². The largest absolute Gasteiger partial charge is 0.356 e. The molecule has 0 amide bonds. The minimum Gasteiger partial charge on any atom is -0.356 e. The first-order chi connectivity index (χ1) is 11.2. The number of hydrogen-bond acceptors (Lipinski definition) is 4. The van der Waals surface area contributed by atoms with Crippen LogP contribution in [0.3, 0.4) is 0 Å². The topological polar surface area (TPSA) is 30.9 Å². The predicted molar refractivity (Wildman–Crippen MR) is 105 cm³/mol. The molecule has 0 saturated carbocycles. The summed E-state index contributed by atoms with van der Waals surface area (Å²) in [5.74, 6) is 2.29. The molecule has 0 atom stereocenters. The highest BCUT2D eigenvalue weighted by molar-refractivity contribution is 7.98. The van der Waals surface area contributed by atoms with Crippen LogP contribution in [0.25, 0.3) is 0 Å². The molecule has 1 saturated heterocycles. The number of piperazine rings is 1. The highest BCUT2D eigenvalue weighted by Crippen LogP contribution is 2.23. The molecular weight excluding hydrogens is 348 g/mol. The molecule has 1 aromatic rings. The van der Waals surface area contributed by atoms with Crippen molar-refractivity contribution in [3.63, 3.8) is 0 Å². The maximum atomic E-state index is 6.01. The number of guanidine groups is 1. The molecule has 0 aliphatic carbocycles. The summed E-state index contributed by atoms with van der Waals surface area (Å²) in [5, 5.41) is 3.50. The van der Waals surface area contributed by atoms with Crippen LogP contribution in [-0.4, -0.2) is 67.5 Å². The second-order valence-electron chi connectivity index (χ2n) is 5.64. The van der Waals surface area contributed by atoms with Crippen LogP contribution in [0.1, 0.15) is 17.7 Å². The van der Waals surface area contributed by atoms with Gasteiger partial charge in [0, 0.05) is 51.2 Å². The first kappa shape index (κ1) is 18.9. The van der Waals surface area contributed by atoms with E-state index in [2.05, 4.69) is 32.4 Å². The minimum absolute atomic E-state index is 0.879. The van der Waals surface area contributed by atoms with Crippen LogP contribution in [0.15, 0.2) is 17.1 Å². The molecule has 0 bridgehead atoms. The van der Waals surface area contributed by atoms with E-state index in [9.17, 15) is 0 Å². The summed E-state index contributed by atoms with van der Waals surface area (Å²) in [6.45, 7) is 6.23. The number of nitrogens with one attached hydrogen (secondary N) is 1. The normalized spacial score (nSPS) is 16.8. The van der Waals surface area contributed by atoms with Crippen molar-refractivity contribution < 1.29 is 0 Å². The van der Waals surface area contributed by atoms with E-state index in [4.69, 9.17) is 11.6 Å². The fourth-order valence-corrected chi connectivity index (χ4v) is 4.30. The zero-order valence-electron chi connectivity index (χ0n) is 14.1. The van der Waals surface area contributed by atoms with Gasteiger partial charge in [-0.25, -0.2) is 0 Å². The van der Waals surface area contributed by atoms with Gasteiger partial charge < -0.3 is 10.2 Å². The van der Waals surface area contributed by atoms with Gasteiger partial charge >= 0.3 is 0 Å². The summed E-state index contributed by atoms with van der Waals surface area (Å²) in [7, 11) is 1.88. The first-order valence-electron chi connectivity index (χ1n) is 8.14. The second-order valence-corrected chi connectivity index (χ2v) is 8.43. The van der Waals surface area contributed by atoms with E-state index >= 15 is 0 Å². The Bertz CT molecular complexity index is 484. The lowest BCUT2D eigenvalue weighted by Gasteiger charge is -2.36. The van der Waals surface area contributed by atoms with Crippen LogP contribution in [0.5, 0.6) is 0 Å². The van der Waals surface area contributed by atoms with E-state index in [0.29, 0.717) is 0 Å². The molecule has 1 N–H and O–H groups in total. The highest BCUT2D eigenvalue weighted by atomic mass is 35.5. The minimum atomic E-state index is 0.879. The molecule has 7 heteroatoms. The Hall–Kier alpha value is -0.430. The third-order valence-corrected chi connectivity index (χ3v) is 5.86. The summed E-state index contributed by atoms with van der Waals surface area (Å²) in [5.41, 5.74) is 0. The Balaban J connectivity index is 1.69. The smallest absolute Gasteiger partial charge is 0.193 e. The number of nitrogens with zero attached hydrogens (tertiary/aromatic N) is 3. The number of hydrogen-bond donors (Lipinski definition) is 1. The van der Waals surface area contributed by atoms with Crippen molar-refractivity contribution in [2.45, 2.75) is 19.4 Å². The molecule has 1 fully saturated rings. The van der Waals surface area contributed by atoms with Gasteiger partial charge in [0.2, 0.25) is 0 Å². The van der Waals surface area contributed by atoms with Crippen molar-refractivity contribution in [1.29, 1.82) is 0 Å². The number of rotatable bonds is 7.